The lowest BCUT2D eigenvalue weighted by Crippen LogP contribution is -2.33. The number of rotatable bonds is 4. The third kappa shape index (κ3) is 3.36. The first kappa shape index (κ1) is 18.9. The number of nitrogens with zero attached hydrogens (tertiary/aromatic N) is 3. The second-order valence-electron chi connectivity index (χ2n) is 8.25. The predicted molar refractivity (Wildman–Crippen MR) is 114 cm³/mol. The van der Waals surface area contributed by atoms with Crippen molar-refractivity contribution in [2.75, 3.05) is 6.54 Å². The Labute approximate surface area is 175 Å². The van der Waals surface area contributed by atoms with Gasteiger partial charge in [-0.15, -0.1) is 0 Å². The molecule has 3 heterocycles. The molecule has 2 aliphatic rings. The topological polar surface area (TPSA) is 66.7 Å². The van der Waals surface area contributed by atoms with Crippen molar-refractivity contribution in [3.8, 4) is 0 Å². The van der Waals surface area contributed by atoms with E-state index in [0.717, 1.165) is 37.0 Å². The minimum Gasteiger partial charge on any atom is -0.348 e. The molecule has 1 saturated heterocycles. The summed E-state index contributed by atoms with van der Waals surface area (Å²) in [5.74, 6) is 0.669. The third-order valence-corrected chi connectivity index (χ3v) is 6.31. The molecule has 1 N–H and O–H groups in total. The first-order chi connectivity index (χ1) is 14.7. The van der Waals surface area contributed by atoms with Gasteiger partial charge in [-0.2, -0.15) is 0 Å². The van der Waals surface area contributed by atoms with Crippen molar-refractivity contribution >= 4 is 17.3 Å². The lowest BCUT2D eigenvalue weighted by molar-refractivity contribution is 0.0729. The van der Waals surface area contributed by atoms with Gasteiger partial charge in [-0.05, 0) is 49.9 Å². The number of hydrogen-bond acceptors (Lipinski definition) is 3. The van der Waals surface area contributed by atoms with Gasteiger partial charge in [0.25, 0.3) is 11.8 Å². The van der Waals surface area contributed by atoms with Gasteiger partial charge in [-0.1, -0.05) is 37.1 Å². The molecule has 0 bridgehead atoms. The summed E-state index contributed by atoms with van der Waals surface area (Å²) in [6.07, 6.45) is 8.11. The number of imidazole rings is 1. The molecule has 154 valence electrons. The molecule has 2 amide bonds. The number of carbonyl (C=O) groups is 2. The maximum absolute atomic E-state index is 13.1. The minimum atomic E-state index is -0.138. The number of pyridine rings is 1. The minimum absolute atomic E-state index is 0.0164. The van der Waals surface area contributed by atoms with Crippen LogP contribution in [0.4, 0.5) is 0 Å². The quantitative estimate of drug-likeness (QED) is 0.718. The highest BCUT2D eigenvalue weighted by Crippen LogP contribution is 2.34. The Morgan fingerprint density at radius 2 is 1.70 bits per heavy atom. The van der Waals surface area contributed by atoms with Crippen LogP contribution in [0, 0.1) is 0 Å². The maximum atomic E-state index is 13.1. The fourth-order valence-electron chi connectivity index (χ4n) is 4.81. The summed E-state index contributed by atoms with van der Waals surface area (Å²) in [6.45, 7) is 0.698. The van der Waals surface area contributed by atoms with Gasteiger partial charge in [-0.3, -0.25) is 9.59 Å². The van der Waals surface area contributed by atoms with Crippen molar-refractivity contribution in [3.63, 3.8) is 0 Å². The second-order valence-corrected chi connectivity index (χ2v) is 8.25. The number of fused-ring (bicyclic) bond motifs is 1. The summed E-state index contributed by atoms with van der Waals surface area (Å²) in [5.41, 5.74) is 1.93. The van der Waals surface area contributed by atoms with E-state index < -0.39 is 0 Å². The summed E-state index contributed by atoms with van der Waals surface area (Å²) in [7, 11) is 0. The molecule has 0 radical (unpaired) electrons. The highest BCUT2D eigenvalue weighted by atomic mass is 16.2. The Bertz CT molecular complexity index is 1070. The van der Waals surface area contributed by atoms with Crippen LogP contribution in [0.2, 0.25) is 0 Å². The molecule has 1 atom stereocenters. The molecule has 2 fully saturated rings. The van der Waals surface area contributed by atoms with Crippen LogP contribution in [0.15, 0.2) is 54.7 Å². The number of amides is 2. The Kier molecular flexibility index (Phi) is 4.99. The van der Waals surface area contributed by atoms with Gasteiger partial charge in [0, 0.05) is 24.3 Å². The van der Waals surface area contributed by atoms with Crippen LogP contribution in [0.25, 0.3) is 5.52 Å². The van der Waals surface area contributed by atoms with E-state index in [9.17, 15) is 9.59 Å². The number of hydrogen-bond donors (Lipinski definition) is 1. The largest absolute Gasteiger partial charge is 0.348 e. The van der Waals surface area contributed by atoms with Crippen LogP contribution in [0.3, 0.4) is 0 Å². The molecule has 6 heteroatoms. The van der Waals surface area contributed by atoms with Crippen molar-refractivity contribution in [3.05, 3.63) is 71.8 Å². The van der Waals surface area contributed by atoms with Gasteiger partial charge in [0.15, 0.2) is 5.69 Å². The standard InChI is InChI=1S/C24H26N4O2/c29-23(25-18-11-4-5-12-18)21-19-13-6-7-15-27(19)22(26-21)20-14-8-16-28(20)24(30)17-9-2-1-3-10-17/h1-3,6-7,9-10,13,15,18,20H,4-5,8,11-12,14,16H2,(H,25,29)/t20-/m1/s1. The highest BCUT2D eigenvalue weighted by Gasteiger charge is 2.34. The Morgan fingerprint density at radius 1 is 0.933 bits per heavy atom. The van der Waals surface area contributed by atoms with E-state index in [1.165, 1.54) is 12.8 Å². The zero-order valence-electron chi connectivity index (χ0n) is 17.0. The first-order valence-electron chi connectivity index (χ1n) is 10.9. The van der Waals surface area contributed by atoms with Gasteiger partial charge in [0.2, 0.25) is 0 Å². The maximum Gasteiger partial charge on any atom is 0.272 e. The smallest absolute Gasteiger partial charge is 0.272 e. The molecule has 2 aromatic heterocycles. The summed E-state index contributed by atoms with van der Waals surface area (Å²) in [4.78, 5) is 32.9. The van der Waals surface area contributed by atoms with Crippen LogP contribution in [0.1, 0.15) is 71.2 Å². The molecule has 30 heavy (non-hydrogen) atoms. The number of carbonyl (C=O) groups excluding carboxylic acids is 2. The van der Waals surface area contributed by atoms with Gasteiger partial charge < -0.3 is 14.6 Å². The molecular weight excluding hydrogens is 376 g/mol. The fourth-order valence-corrected chi connectivity index (χ4v) is 4.81. The van der Waals surface area contributed by atoms with E-state index >= 15 is 0 Å². The van der Waals surface area contributed by atoms with Crippen molar-refractivity contribution < 1.29 is 9.59 Å². The monoisotopic (exact) mass is 402 g/mol. The van der Waals surface area contributed by atoms with E-state index in [2.05, 4.69) is 5.32 Å². The van der Waals surface area contributed by atoms with Gasteiger partial charge in [-0.25, -0.2) is 4.98 Å². The Morgan fingerprint density at radius 3 is 2.50 bits per heavy atom. The molecule has 5 rings (SSSR count). The molecule has 0 spiro atoms. The number of benzene rings is 1. The van der Waals surface area contributed by atoms with E-state index in [4.69, 9.17) is 4.98 Å². The molecular formula is C24H26N4O2. The molecule has 3 aromatic rings. The molecule has 1 aromatic carbocycles. The molecule has 1 aliphatic carbocycles. The van der Waals surface area contributed by atoms with Crippen LogP contribution >= 0.6 is 0 Å². The molecule has 1 aliphatic heterocycles. The first-order valence-corrected chi connectivity index (χ1v) is 10.9. The third-order valence-electron chi connectivity index (χ3n) is 6.31. The number of nitrogens with one attached hydrogen (secondary N) is 1. The normalized spacial score (nSPS) is 19.5. The van der Waals surface area contributed by atoms with Crippen LogP contribution < -0.4 is 5.32 Å². The number of likely N-dealkylation sites (tertiary alicyclic amines) is 1. The zero-order valence-corrected chi connectivity index (χ0v) is 17.0. The van der Waals surface area contributed by atoms with Gasteiger partial charge >= 0.3 is 0 Å². The lowest BCUT2D eigenvalue weighted by atomic mass is 10.1. The molecule has 6 nitrogen and oxygen atoms in total. The molecule has 1 saturated carbocycles. The highest BCUT2D eigenvalue weighted by molar-refractivity contribution is 5.99. The summed E-state index contributed by atoms with van der Waals surface area (Å²) >= 11 is 0. The zero-order chi connectivity index (χ0) is 20.5. The van der Waals surface area contributed by atoms with Crippen LogP contribution in [-0.2, 0) is 0 Å². The lowest BCUT2D eigenvalue weighted by Gasteiger charge is -2.24. The summed E-state index contributed by atoms with van der Waals surface area (Å²) in [5, 5.41) is 3.16. The van der Waals surface area contributed by atoms with Crippen LogP contribution in [-0.4, -0.2) is 38.7 Å². The average molecular weight is 402 g/mol. The van der Waals surface area contributed by atoms with Gasteiger partial charge in [0.05, 0.1) is 11.6 Å². The fraction of sp³-hybridized carbons (Fsp3) is 0.375. The summed E-state index contributed by atoms with van der Waals surface area (Å²) in [6, 6.07) is 15.3. The SMILES string of the molecule is O=C(NC1CCCC1)c1nc([C@H]2CCCN2C(=O)c2ccccc2)n2ccccc12. The van der Waals surface area contributed by atoms with Crippen molar-refractivity contribution in [2.45, 2.75) is 50.6 Å². The van der Waals surface area contributed by atoms with Crippen molar-refractivity contribution in [1.29, 1.82) is 0 Å². The summed E-state index contributed by atoms with van der Waals surface area (Å²) < 4.78 is 1.98. The Balaban J connectivity index is 1.49. The van der Waals surface area contributed by atoms with Crippen LogP contribution in [0.5, 0.6) is 0 Å². The Hall–Kier alpha value is -3.15. The van der Waals surface area contributed by atoms with E-state index in [-0.39, 0.29) is 23.9 Å². The second kappa shape index (κ2) is 7.94. The van der Waals surface area contributed by atoms with Crippen molar-refractivity contribution in [2.24, 2.45) is 0 Å². The van der Waals surface area contributed by atoms with Crippen molar-refractivity contribution in [1.82, 2.24) is 19.6 Å². The van der Waals surface area contributed by atoms with E-state index in [1.54, 1.807) is 0 Å². The van der Waals surface area contributed by atoms with Gasteiger partial charge in [0.1, 0.15) is 5.82 Å². The van der Waals surface area contributed by atoms with E-state index in [0.29, 0.717) is 17.8 Å². The van der Waals surface area contributed by atoms with E-state index in [1.807, 2.05) is 64.0 Å². The average Bonchev–Trinajstić information content (AvgIpc) is 3.53. The predicted octanol–water partition coefficient (Wildman–Crippen LogP) is 3.98. The number of aromatic nitrogens is 2. The molecule has 0 unspecified atom stereocenters.